The molecule has 0 heterocycles. The van der Waals surface area contributed by atoms with Gasteiger partial charge in [0.2, 0.25) is 0 Å². The summed E-state index contributed by atoms with van der Waals surface area (Å²) in [6.45, 7) is 4.73. The molecule has 118 valence electrons. The second kappa shape index (κ2) is 7.09. The zero-order chi connectivity index (χ0) is 16.2. The minimum atomic E-state index is -4.50. The molecule has 0 radical (unpaired) electrons. The molecule has 2 N–H and O–H groups in total. The molecule has 0 fully saturated rings. The molecule has 0 aliphatic rings. The summed E-state index contributed by atoms with van der Waals surface area (Å²) in [6.07, 6.45) is -4.41. The van der Waals surface area contributed by atoms with Crippen LogP contribution >= 0.6 is 12.2 Å². The molecule has 0 amide bonds. The predicted octanol–water partition coefficient (Wildman–Crippen LogP) is 3.20. The number of halogens is 3. The third-order valence-corrected chi connectivity index (χ3v) is 3.11. The van der Waals surface area contributed by atoms with Gasteiger partial charge in [-0.05, 0) is 32.0 Å². The Balaban J connectivity index is 2.97. The monoisotopic (exact) mass is 320 g/mol. The fourth-order valence-electron chi connectivity index (χ4n) is 1.77. The number of ether oxygens (including phenoxy) is 1. The summed E-state index contributed by atoms with van der Waals surface area (Å²) < 4.78 is 44.5. The highest BCUT2D eigenvalue weighted by Crippen LogP contribution is 2.34. The van der Waals surface area contributed by atoms with Gasteiger partial charge in [-0.1, -0.05) is 12.2 Å². The molecule has 1 aromatic carbocycles. The fraction of sp³-hybridized carbons (Fsp3) is 0.500. The first kappa shape index (κ1) is 17.7. The number of rotatable bonds is 6. The van der Waals surface area contributed by atoms with Crippen LogP contribution in [0, 0.1) is 0 Å². The molecule has 0 saturated heterocycles. The fourth-order valence-corrected chi connectivity index (χ4v) is 1.95. The summed E-state index contributed by atoms with van der Waals surface area (Å²) in [5.41, 5.74) is 4.81. The van der Waals surface area contributed by atoms with Gasteiger partial charge in [-0.25, -0.2) is 0 Å². The van der Waals surface area contributed by atoms with Crippen LogP contribution in [0.1, 0.15) is 25.0 Å². The summed E-state index contributed by atoms with van der Waals surface area (Å²) in [6, 6.07) is 3.93. The van der Waals surface area contributed by atoms with E-state index < -0.39 is 11.7 Å². The molecule has 0 aromatic heterocycles. The maximum atomic E-state index is 13.1. The van der Waals surface area contributed by atoms with Gasteiger partial charge in [0.1, 0.15) is 4.99 Å². The molecular formula is C14H19F3N2OS. The minimum absolute atomic E-state index is 0.0844. The molecule has 0 unspecified atom stereocenters. The maximum absolute atomic E-state index is 13.1. The molecule has 7 heteroatoms. The molecule has 3 nitrogen and oxygen atoms in total. The van der Waals surface area contributed by atoms with Crippen molar-refractivity contribution in [2.24, 2.45) is 5.73 Å². The van der Waals surface area contributed by atoms with E-state index in [9.17, 15) is 13.2 Å². The third-order valence-electron chi connectivity index (χ3n) is 2.89. The lowest BCUT2D eigenvalue weighted by Gasteiger charge is -2.22. The Hall–Kier alpha value is -1.34. The number of thiocarbonyl (C=S) groups is 1. The first-order valence-corrected chi connectivity index (χ1v) is 6.87. The standard InChI is InChI=1S/C14H19F3N2OS/c1-9(2)20-7-6-19(3)10-4-5-11(13(18)21)12(8-10)14(15,16)17/h4-5,8-9H,6-7H2,1-3H3,(H2,18,21). The van der Waals surface area contributed by atoms with E-state index in [0.29, 0.717) is 18.8 Å². The second-order valence-electron chi connectivity index (χ2n) is 4.93. The lowest BCUT2D eigenvalue weighted by Crippen LogP contribution is -2.25. The minimum Gasteiger partial charge on any atom is -0.389 e. The van der Waals surface area contributed by atoms with E-state index in [-0.39, 0.29) is 16.7 Å². The van der Waals surface area contributed by atoms with Crippen LogP contribution in [0.15, 0.2) is 18.2 Å². The number of benzene rings is 1. The molecule has 21 heavy (non-hydrogen) atoms. The Bertz CT molecular complexity index is 503. The molecule has 1 aromatic rings. The first-order valence-electron chi connectivity index (χ1n) is 6.46. The first-order chi connectivity index (χ1) is 9.62. The summed E-state index contributed by atoms with van der Waals surface area (Å²) in [4.78, 5) is 1.43. The van der Waals surface area contributed by atoms with Gasteiger partial charge >= 0.3 is 6.18 Å². The van der Waals surface area contributed by atoms with E-state index in [4.69, 9.17) is 10.5 Å². The number of nitrogens with two attached hydrogens (primary N) is 1. The van der Waals surface area contributed by atoms with E-state index in [0.717, 1.165) is 6.07 Å². The average Bonchev–Trinajstić information content (AvgIpc) is 2.36. The van der Waals surface area contributed by atoms with Crippen molar-refractivity contribution in [1.29, 1.82) is 0 Å². The SMILES string of the molecule is CC(C)OCCN(C)c1ccc(C(N)=S)c(C(F)(F)F)c1. The van der Waals surface area contributed by atoms with Gasteiger partial charge in [-0.15, -0.1) is 0 Å². The van der Waals surface area contributed by atoms with E-state index in [2.05, 4.69) is 12.2 Å². The number of hydrogen-bond acceptors (Lipinski definition) is 3. The maximum Gasteiger partial charge on any atom is 0.417 e. The summed E-state index contributed by atoms with van der Waals surface area (Å²) in [5, 5.41) is 0. The van der Waals surface area contributed by atoms with Crippen LogP contribution in [0.5, 0.6) is 0 Å². The number of anilines is 1. The quantitative estimate of drug-likeness (QED) is 0.817. The Morgan fingerprint density at radius 1 is 1.38 bits per heavy atom. The Kier molecular flexibility index (Phi) is 5.98. The lowest BCUT2D eigenvalue weighted by atomic mass is 10.1. The molecule has 0 aliphatic carbocycles. The molecule has 0 spiro atoms. The van der Waals surface area contributed by atoms with Crippen LogP contribution in [-0.4, -0.2) is 31.3 Å². The zero-order valence-electron chi connectivity index (χ0n) is 12.2. The smallest absolute Gasteiger partial charge is 0.389 e. The highest BCUT2D eigenvalue weighted by atomic mass is 32.1. The normalized spacial score (nSPS) is 11.8. The predicted molar refractivity (Wildman–Crippen MR) is 81.7 cm³/mol. The third kappa shape index (κ3) is 5.17. The number of nitrogens with zero attached hydrogens (tertiary/aromatic N) is 1. The molecular weight excluding hydrogens is 301 g/mol. The van der Waals surface area contributed by atoms with E-state index in [1.54, 1.807) is 18.0 Å². The van der Waals surface area contributed by atoms with Gasteiger partial charge in [0.15, 0.2) is 0 Å². The van der Waals surface area contributed by atoms with Crippen molar-refractivity contribution in [2.75, 3.05) is 25.1 Å². The van der Waals surface area contributed by atoms with Gasteiger partial charge in [-0.2, -0.15) is 13.2 Å². The van der Waals surface area contributed by atoms with Crippen molar-refractivity contribution < 1.29 is 17.9 Å². The molecule has 1 rings (SSSR count). The summed E-state index contributed by atoms with van der Waals surface area (Å²) >= 11 is 4.67. The van der Waals surface area contributed by atoms with Gasteiger partial charge in [0, 0.05) is 24.8 Å². The summed E-state index contributed by atoms with van der Waals surface area (Å²) in [5.74, 6) is 0. The number of likely N-dealkylation sites (N-methyl/N-ethyl adjacent to an activating group) is 1. The van der Waals surface area contributed by atoms with Crippen molar-refractivity contribution >= 4 is 22.9 Å². The van der Waals surface area contributed by atoms with Crippen molar-refractivity contribution in [2.45, 2.75) is 26.1 Å². The van der Waals surface area contributed by atoms with Crippen molar-refractivity contribution in [1.82, 2.24) is 0 Å². The van der Waals surface area contributed by atoms with Crippen LogP contribution < -0.4 is 10.6 Å². The van der Waals surface area contributed by atoms with Crippen LogP contribution in [0.4, 0.5) is 18.9 Å². The molecule has 0 bridgehead atoms. The largest absolute Gasteiger partial charge is 0.417 e. The number of hydrogen-bond donors (Lipinski definition) is 1. The van der Waals surface area contributed by atoms with Crippen molar-refractivity contribution in [3.8, 4) is 0 Å². The van der Waals surface area contributed by atoms with Crippen molar-refractivity contribution in [3.05, 3.63) is 29.3 Å². The zero-order valence-corrected chi connectivity index (χ0v) is 13.0. The lowest BCUT2D eigenvalue weighted by molar-refractivity contribution is -0.137. The molecule has 0 aliphatic heterocycles. The van der Waals surface area contributed by atoms with Gasteiger partial charge in [-0.3, -0.25) is 0 Å². The van der Waals surface area contributed by atoms with Crippen LogP contribution in [-0.2, 0) is 10.9 Å². The van der Waals surface area contributed by atoms with E-state index in [1.807, 2.05) is 13.8 Å². The highest BCUT2D eigenvalue weighted by molar-refractivity contribution is 7.80. The number of alkyl halides is 3. The second-order valence-corrected chi connectivity index (χ2v) is 5.37. The van der Waals surface area contributed by atoms with Crippen LogP contribution in [0.25, 0.3) is 0 Å². The van der Waals surface area contributed by atoms with E-state index in [1.165, 1.54) is 6.07 Å². The molecule has 0 atom stereocenters. The Morgan fingerprint density at radius 3 is 2.48 bits per heavy atom. The van der Waals surface area contributed by atoms with Crippen molar-refractivity contribution in [3.63, 3.8) is 0 Å². The van der Waals surface area contributed by atoms with Gasteiger partial charge in [0.25, 0.3) is 0 Å². The van der Waals surface area contributed by atoms with Crippen LogP contribution in [0.3, 0.4) is 0 Å². The molecule has 0 saturated carbocycles. The highest BCUT2D eigenvalue weighted by Gasteiger charge is 2.34. The Labute approximate surface area is 127 Å². The average molecular weight is 320 g/mol. The van der Waals surface area contributed by atoms with E-state index >= 15 is 0 Å². The van der Waals surface area contributed by atoms with Gasteiger partial charge in [0.05, 0.1) is 18.3 Å². The van der Waals surface area contributed by atoms with Gasteiger partial charge < -0.3 is 15.4 Å². The van der Waals surface area contributed by atoms with Crippen LogP contribution in [0.2, 0.25) is 0 Å². The summed E-state index contributed by atoms with van der Waals surface area (Å²) in [7, 11) is 1.71. The topological polar surface area (TPSA) is 38.5 Å². The Morgan fingerprint density at radius 2 is 2.00 bits per heavy atom.